The van der Waals surface area contributed by atoms with Crippen LogP contribution < -0.4 is 5.73 Å². The maximum absolute atomic E-state index is 12.2. The van der Waals surface area contributed by atoms with Crippen LogP contribution >= 0.6 is 0 Å². The third-order valence-electron chi connectivity index (χ3n) is 3.03. The molecule has 1 amide bonds. The molecule has 0 aliphatic heterocycles. The third-order valence-corrected chi connectivity index (χ3v) is 3.03. The number of hydrogen-bond donors (Lipinski definition) is 2. The predicted octanol–water partition coefficient (Wildman–Crippen LogP) is 1.46. The highest BCUT2D eigenvalue weighted by Crippen LogP contribution is 2.18. The number of carboxylic acids is 1. The molecule has 0 bridgehead atoms. The summed E-state index contributed by atoms with van der Waals surface area (Å²) < 4.78 is 0. The molecule has 0 rings (SSSR count). The number of carbonyl (C=O) groups excluding carboxylic acids is 1. The Morgan fingerprint density at radius 3 is 2.22 bits per heavy atom. The second-order valence-electron chi connectivity index (χ2n) is 5.57. The Labute approximate surface area is 109 Å². The summed E-state index contributed by atoms with van der Waals surface area (Å²) in [6, 6.07) is 0. The number of nitrogens with two attached hydrogens (primary N) is 1. The highest BCUT2D eigenvalue weighted by atomic mass is 16.4. The van der Waals surface area contributed by atoms with Gasteiger partial charge in [-0.25, -0.2) is 0 Å². The molecule has 5 nitrogen and oxygen atoms in total. The van der Waals surface area contributed by atoms with Gasteiger partial charge in [-0.3, -0.25) is 9.59 Å². The van der Waals surface area contributed by atoms with Crippen LogP contribution in [0.4, 0.5) is 0 Å². The van der Waals surface area contributed by atoms with Crippen LogP contribution in [-0.4, -0.2) is 40.5 Å². The smallest absolute Gasteiger partial charge is 0.305 e. The van der Waals surface area contributed by atoms with Crippen molar-refractivity contribution in [1.29, 1.82) is 0 Å². The van der Waals surface area contributed by atoms with Crippen molar-refractivity contribution in [3.8, 4) is 0 Å². The first-order valence-electron chi connectivity index (χ1n) is 6.44. The monoisotopic (exact) mass is 258 g/mol. The van der Waals surface area contributed by atoms with Gasteiger partial charge in [0.15, 0.2) is 0 Å². The quantitative estimate of drug-likeness (QED) is 0.724. The number of carboxylic acid groups (broad SMARTS) is 1. The van der Waals surface area contributed by atoms with Crippen molar-refractivity contribution in [1.82, 2.24) is 4.90 Å². The highest BCUT2D eigenvalue weighted by molar-refractivity contribution is 5.78. The van der Waals surface area contributed by atoms with E-state index in [-0.39, 0.29) is 30.3 Å². The number of aliphatic carboxylic acids is 1. The first kappa shape index (κ1) is 16.9. The molecule has 0 aliphatic carbocycles. The van der Waals surface area contributed by atoms with Gasteiger partial charge in [-0.05, 0) is 33.2 Å². The number of carbonyl (C=O) groups is 2. The summed E-state index contributed by atoms with van der Waals surface area (Å²) in [5, 5.41) is 8.73. The molecule has 0 aromatic rings. The largest absolute Gasteiger partial charge is 0.481 e. The fourth-order valence-electron chi connectivity index (χ4n) is 1.79. The average molecular weight is 258 g/mol. The lowest BCUT2D eigenvalue weighted by molar-refractivity contribution is -0.141. The normalized spacial score (nSPS) is 13.2. The Bertz CT molecular complexity index is 280. The summed E-state index contributed by atoms with van der Waals surface area (Å²) in [6.07, 6.45) is 1.23. The molecule has 0 aliphatic rings. The Hall–Kier alpha value is -1.10. The minimum Gasteiger partial charge on any atom is -0.481 e. The summed E-state index contributed by atoms with van der Waals surface area (Å²) in [5.41, 5.74) is 5.24. The van der Waals surface area contributed by atoms with E-state index in [1.807, 2.05) is 27.7 Å². The van der Waals surface area contributed by atoms with E-state index in [0.717, 1.165) is 6.42 Å². The molecule has 0 fully saturated rings. The molecule has 0 saturated carbocycles. The lowest BCUT2D eigenvalue weighted by Gasteiger charge is -2.36. The summed E-state index contributed by atoms with van der Waals surface area (Å²) in [4.78, 5) is 24.5. The maximum Gasteiger partial charge on any atom is 0.305 e. The molecule has 106 valence electrons. The van der Waals surface area contributed by atoms with E-state index in [1.54, 1.807) is 4.90 Å². The number of hydrogen-bond acceptors (Lipinski definition) is 3. The molecule has 3 N–H and O–H groups in total. The Kier molecular flexibility index (Phi) is 6.91. The fourth-order valence-corrected chi connectivity index (χ4v) is 1.79. The molecule has 0 saturated heterocycles. The van der Waals surface area contributed by atoms with Crippen molar-refractivity contribution in [2.24, 2.45) is 11.7 Å². The minimum atomic E-state index is -0.886. The molecule has 0 aromatic carbocycles. The van der Waals surface area contributed by atoms with E-state index in [4.69, 9.17) is 10.8 Å². The number of amides is 1. The second-order valence-corrected chi connectivity index (χ2v) is 5.57. The SMILES string of the molecule is CCC(CN)CC(=O)N(CCC(=O)O)C(C)(C)C. The van der Waals surface area contributed by atoms with Crippen molar-refractivity contribution in [3.63, 3.8) is 0 Å². The van der Waals surface area contributed by atoms with Crippen molar-refractivity contribution in [3.05, 3.63) is 0 Å². The van der Waals surface area contributed by atoms with E-state index in [2.05, 4.69) is 0 Å². The van der Waals surface area contributed by atoms with Gasteiger partial charge in [0.05, 0.1) is 6.42 Å². The maximum atomic E-state index is 12.2. The van der Waals surface area contributed by atoms with Crippen LogP contribution in [0.25, 0.3) is 0 Å². The lowest BCUT2D eigenvalue weighted by atomic mass is 9.99. The van der Waals surface area contributed by atoms with Gasteiger partial charge < -0.3 is 15.7 Å². The van der Waals surface area contributed by atoms with Crippen LogP contribution in [0.3, 0.4) is 0 Å². The molecule has 18 heavy (non-hydrogen) atoms. The van der Waals surface area contributed by atoms with Crippen LogP contribution in [0.5, 0.6) is 0 Å². The molecule has 0 spiro atoms. The predicted molar refractivity (Wildman–Crippen MR) is 71.2 cm³/mol. The highest BCUT2D eigenvalue weighted by Gasteiger charge is 2.27. The summed E-state index contributed by atoms with van der Waals surface area (Å²) in [7, 11) is 0. The van der Waals surface area contributed by atoms with Gasteiger partial charge in [-0.15, -0.1) is 0 Å². The van der Waals surface area contributed by atoms with Gasteiger partial charge in [0.1, 0.15) is 0 Å². The number of nitrogens with zero attached hydrogens (tertiary/aromatic N) is 1. The molecule has 5 heteroatoms. The van der Waals surface area contributed by atoms with E-state index >= 15 is 0 Å². The van der Waals surface area contributed by atoms with Gasteiger partial charge in [-0.1, -0.05) is 13.3 Å². The molecule has 1 unspecified atom stereocenters. The first-order valence-corrected chi connectivity index (χ1v) is 6.44. The molecule has 0 heterocycles. The lowest BCUT2D eigenvalue weighted by Crippen LogP contribution is -2.47. The van der Waals surface area contributed by atoms with Gasteiger partial charge in [-0.2, -0.15) is 0 Å². The third kappa shape index (κ3) is 6.00. The van der Waals surface area contributed by atoms with Crippen molar-refractivity contribution < 1.29 is 14.7 Å². The van der Waals surface area contributed by atoms with Crippen LogP contribution in [0.2, 0.25) is 0 Å². The van der Waals surface area contributed by atoms with E-state index in [1.165, 1.54) is 0 Å². The first-order chi connectivity index (χ1) is 8.22. The zero-order valence-corrected chi connectivity index (χ0v) is 11.9. The summed E-state index contributed by atoms with van der Waals surface area (Å²) in [6.45, 7) is 8.48. The summed E-state index contributed by atoms with van der Waals surface area (Å²) >= 11 is 0. The number of rotatable bonds is 7. The Balaban J connectivity index is 4.65. The van der Waals surface area contributed by atoms with Crippen molar-refractivity contribution >= 4 is 11.9 Å². The van der Waals surface area contributed by atoms with Gasteiger partial charge in [0.2, 0.25) is 5.91 Å². The minimum absolute atomic E-state index is 0.0129. The molecule has 0 aromatic heterocycles. The standard InChI is InChI=1S/C13H26N2O3/c1-5-10(9-14)8-11(16)15(13(2,3)4)7-6-12(17)18/h10H,5-9,14H2,1-4H3,(H,17,18). The van der Waals surface area contributed by atoms with Gasteiger partial charge >= 0.3 is 5.97 Å². The molecule has 0 radical (unpaired) electrons. The van der Waals surface area contributed by atoms with E-state index < -0.39 is 5.97 Å². The van der Waals surface area contributed by atoms with Crippen LogP contribution in [0.15, 0.2) is 0 Å². The Morgan fingerprint density at radius 1 is 1.33 bits per heavy atom. The van der Waals surface area contributed by atoms with Gasteiger partial charge in [0.25, 0.3) is 0 Å². The zero-order chi connectivity index (χ0) is 14.3. The second kappa shape index (κ2) is 7.36. The molecular formula is C13H26N2O3. The van der Waals surface area contributed by atoms with E-state index in [9.17, 15) is 9.59 Å². The molecular weight excluding hydrogens is 232 g/mol. The fraction of sp³-hybridized carbons (Fsp3) is 0.846. The summed E-state index contributed by atoms with van der Waals surface area (Å²) in [5.74, 6) is -0.726. The van der Waals surface area contributed by atoms with Gasteiger partial charge in [0, 0.05) is 18.5 Å². The topological polar surface area (TPSA) is 83.6 Å². The van der Waals surface area contributed by atoms with Crippen molar-refractivity contribution in [2.75, 3.05) is 13.1 Å². The van der Waals surface area contributed by atoms with Crippen LogP contribution in [0, 0.1) is 5.92 Å². The average Bonchev–Trinajstić information content (AvgIpc) is 2.23. The Morgan fingerprint density at radius 2 is 1.89 bits per heavy atom. The molecule has 1 atom stereocenters. The van der Waals surface area contributed by atoms with Crippen LogP contribution in [-0.2, 0) is 9.59 Å². The van der Waals surface area contributed by atoms with E-state index in [0.29, 0.717) is 13.0 Å². The van der Waals surface area contributed by atoms with Crippen LogP contribution in [0.1, 0.15) is 47.0 Å². The van der Waals surface area contributed by atoms with Crippen molar-refractivity contribution in [2.45, 2.75) is 52.5 Å². The zero-order valence-electron chi connectivity index (χ0n) is 11.9.